The molecular weight excluding hydrogens is 194 g/mol. The van der Waals surface area contributed by atoms with Crippen molar-refractivity contribution in [3.05, 3.63) is 60.7 Å². The van der Waals surface area contributed by atoms with Gasteiger partial charge in [-0.15, -0.1) is 0 Å². The molecule has 0 aliphatic heterocycles. The Balaban J connectivity index is 2.58. The van der Waals surface area contributed by atoms with Gasteiger partial charge in [0.15, 0.2) is 0 Å². The summed E-state index contributed by atoms with van der Waals surface area (Å²) in [4.78, 5) is 0. The molecule has 0 N–H and O–H groups in total. The third kappa shape index (κ3) is 0.892. The molecule has 4 rings (SSSR count). The van der Waals surface area contributed by atoms with Gasteiger partial charge in [0.05, 0.1) is 0 Å². The fraction of sp³-hybridized carbons (Fsp3) is 0. The van der Waals surface area contributed by atoms with Gasteiger partial charge in [0.2, 0.25) is 0 Å². The molecule has 0 heteroatoms. The van der Waals surface area contributed by atoms with Gasteiger partial charge in [0.1, 0.15) is 0 Å². The number of hydrogen-bond donors (Lipinski definition) is 0. The second kappa shape index (κ2) is 2.73. The van der Waals surface area contributed by atoms with Gasteiger partial charge < -0.3 is 0 Å². The summed E-state index contributed by atoms with van der Waals surface area (Å²) >= 11 is 0. The Morgan fingerprint density at radius 1 is 0.375 bits per heavy atom. The van der Waals surface area contributed by atoms with Crippen LogP contribution in [0.4, 0.5) is 0 Å². The maximum atomic E-state index is 2.20. The lowest BCUT2D eigenvalue weighted by molar-refractivity contribution is 1.92. The van der Waals surface area contributed by atoms with Crippen LogP contribution in [0.2, 0.25) is 0 Å². The molecule has 74 valence electrons. The molecule has 0 saturated carbocycles. The molecule has 0 nitrogen and oxygen atoms in total. The molecule has 0 spiro atoms. The Hall–Kier alpha value is -2.08. The van der Waals surface area contributed by atoms with Crippen LogP contribution in [0.1, 0.15) is 0 Å². The molecule has 4 aromatic carbocycles. The minimum atomic E-state index is 1.33. The number of rotatable bonds is 0. The van der Waals surface area contributed by atoms with Crippen molar-refractivity contribution in [2.45, 2.75) is 0 Å². The Morgan fingerprint density at radius 2 is 0.688 bits per heavy atom. The van der Waals surface area contributed by atoms with Crippen molar-refractivity contribution in [3.63, 3.8) is 0 Å². The zero-order valence-electron chi connectivity index (χ0n) is 8.77. The first-order valence-corrected chi connectivity index (χ1v) is 5.56. The van der Waals surface area contributed by atoms with Crippen molar-refractivity contribution in [2.24, 2.45) is 0 Å². The van der Waals surface area contributed by atoms with Crippen LogP contribution in [0.5, 0.6) is 0 Å². The summed E-state index contributed by atoms with van der Waals surface area (Å²) < 4.78 is 0. The predicted molar refractivity (Wildman–Crippen MR) is 70.1 cm³/mol. The van der Waals surface area contributed by atoms with Gasteiger partial charge in [-0.1, -0.05) is 60.7 Å². The van der Waals surface area contributed by atoms with Gasteiger partial charge in [-0.25, -0.2) is 0 Å². The van der Waals surface area contributed by atoms with Crippen LogP contribution < -0.4 is 0 Å². The largest absolute Gasteiger partial charge is 0.0610 e. The van der Waals surface area contributed by atoms with Gasteiger partial charge in [-0.3, -0.25) is 0 Å². The van der Waals surface area contributed by atoms with E-state index in [1.54, 1.807) is 0 Å². The molecule has 0 saturated heterocycles. The smallest absolute Gasteiger partial charge is 0.00268 e. The van der Waals surface area contributed by atoms with E-state index >= 15 is 0 Å². The fourth-order valence-electron chi connectivity index (χ4n) is 2.67. The van der Waals surface area contributed by atoms with Crippen LogP contribution in [0, 0.1) is 0 Å². The number of hydrogen-bond acceptors (Lipinski definition) is 0. The summed E-state index contributed by atoms with van der Waals surface area (Å²) in [5.41, 5.74) is 0. The van der Waals surface area contributed by atoms with Crippen LogP contribution in [0.15, 0.2) is 60.7 Å². The maximum Gasteiger partial charge on any atom is -0.00268 e. The van der Waals surface area contributed by atoms with E-state index in [1.165, 1.54) is 32.3 Å². The third-order valence-electron chi connectivity index (χ3n) is 3.39. The second-order valence-corrected chi connectivity index (χ2v) is 4.29. The third-order valence-corrected chi connectivity index (χ3v) is 3.39. The van der Waals surface area contributed by atoms with E-state index in [9.17, 15) is 0 Å². The van der Waals surface area contributed by atoms with Crippen LogP contribution in [0.25, 0.3) is 32.3 Å². The molecule has 16 heavy (non-hydrogen) atoms. The lowest BCUT2D eigenvalue weighted by Gasteiger charge is -1.88. The van der Waals surface area contributed by atoms with Crippen LogP contribution in [-0.2, 0) is 0 Å². The molecular formula is C16H10. The van der Waals surface area contributed by atoms with E-state index in [1.807, 2.05) is 0 Å². The highest BCUT2D eigenvalue weighted by Crippen LogP contribution is 2.33. The molecule has 0 radical (unpaired) electrons. The van der Waals surface area contributed by atoms with Crippen molar-refractivity contribution in [2.75, 3.05) is 0 Å². The molecule has 0 aliphatic rings. The van der Waals surface area contributed by atoms with E-state index in [4.69, 9.17) is 0 Å². The quantitative estimate of drug-likeness (QED) is 0.393. The Labute approximate surface area is 93.5 Å². The summed E-state index contributed by atoms with van der Waals surface area (Å²) in [6.45, 7) is 0. The highest BCUT2D eigenvalue weighted by molar-refractivity contribution is 6.22. The zero-order valence-corrected chi connectivity index (χ0v) is 8.77. The summed E-state index contributed by atoms with van der Waals surface area (Å²) in [6, 6.07) is 21.9. The van der Waals surface area contributed by atoms with Gasteiger partial charge in [-0.05, 0) is 32.3 Å². The van der Waals surface area contributed by atoms with Gasteiger partial charge in [-0.2, -0.15) is 0 Å². The molecule has 0 unspecified atom stereocenters. The van der Waals surface area contributed by atoms with E-state index in [-0.39, 0.29) is 0 Å². The van der Waals surface area contributed by atoms with Crippen molar-refractivity contribution in [1.29, 1.82) is 0 Å². The molecule has 0 fully saturated rings. The van der Waals surface area contributed by atoms with Crippen molar-refractivity contribution >= 4 is 32.3 Å². The monoisotopic (exact) mass is 204 g/mol. The second-order valence-electron chi connectivity index (χ2n) is 4.29. The molecule has 0 aliphatic carbocycles. The average Bonchev–Trinajstić information content (AvgIpc) is 2.76. The Morgan fingerprint density at radius 3 is 1.00 bits per heavy atom. The van der Waals surface area contributed by atoms with Crippen molar-refractivity contribution in [3.8, 4) is 0 Å². The molecule has 0 heterocycles. The van der Waals surface area contributed by atoms with Crippen LogP contribution in [0.3, 0.4) is 0 Å². The minimum Gasteiger partial charge on any atom is -0.0610 e. The van der Waals surface area contributed by atoms with Crippen molar-refractivity contribution in [1.82, 2.24) is 0 Å². The molecule has 4 aromatic rings. The highest BCUT2D eigenvalue weighted by Gasteiger charge is 2.05. The average molecular weight is 204 g/mol. The van der Waals surface area contributed by atoms with E-state index < -0.39 is 0 Å². The Bertz CT molecular complexity index is 667. The zero-order chi connectivity index (χ0) is 10.5. The van der Waals surface area contributed by atoms with Gasteiger partial charge in [0, 0.05) is 0 Å². The molecule has 0 aromatic heterocycles. The summed E-state index contributed by atoms with van der Waals surface area (Å²) in [6.07, 6.45) is 0. The summed E-state index contributed by atoms with van der Waals surface area (Å²) in [5.74, 6) is 0. The Kier molecular flexibility index (Phi) is 1.39. The van der Waals surface area contributed by atoms with E-state index in [0.29, 0.717) is 0 Å². The first-order valence-electron chi connectivity index (χ1n) is 5.56. The predicted octanol–water partition coefficient (Wildman–Crippen LogP) is 4.58. The first-order chi connectivity index (χ1) is 7.93. The van der Waals surface area contributed by atoms with Crippen LogP contribution >= 0.6 is 0 Å². The van der Waals surface area contributed by atoms with E-state index in [0.717, 1.165) is 0 Å². The standard InChI is InChI=1S/C16H10/c1-3-11-7-9-13-5-2-6-14-10-8-12(4-1)16(14)15(11)13/h1-10H/i11+1,15+1. The fourth-order valence-corrected chi connectivity index (χ4v) is 2.67. The topological polar surface area (TPSA) is 0 Å². The highest BCUT2D eigenvalue weighted by atomic mass is 14.5. The summed E-state index contributed by atoms with van der Waals surface area (Å²) in [5, 5.41) is 8.11. The maximum absolute atomic E-state index is 2.20. The minimum absolute atomic E-state index is 1.33. The van der Waals surface area contributed by atoms with Gasteiger partial charge in [0.25, 0.3) is 0 Å². The van der Waals surface area contributed by atoms with E-state index in [2.05, 4.69) is 60.7 Å². The molecule has 0 bridgehead atoms. The molecule has 0 atom stereocenters. The van der Waals surface area contributed by atoms with Gasteiger partial charge >= 0.3 is 0 Å². The first kappa shape index (κ1) is 8.12. The molecule has 0 amide bonds. The lowest BCUT2D eigenvalue weighted by atomic mass is 10.3. The SMILES string of the molecule is c1cc2ccc3ccc[13c]4ccc(c1)[13c]4c23. The van der Waals surface area contributed by atoms with Crippen molar-refractivity contribution < 1.29 is 0 Å². The summed E-state index contributed by atoms with van der Waals surface area (Å²) in [7, 11) is 0. The lowest BCUT2D eigenvalue weighted by Crippen LogP contribution is -1.59. The van der Waals surface area contributed by atoms with Crippen LogP contribution in [-0.4, -0.2) is 0 Å². The normalized spacial score (nSPS) is 11.8.